The first-order valence-electron chi connectivity index (χ1n) is 10.9. The van der Waals surface area contributed by atoms with E-state index in [1.165, 1.54) is 0 Å². The van der Waals surface area contributed by atoms with Gasteiger partial charge in [0, 0.05) is 30.3 Å². The molecule has 1 aromatic heterocycles. The molecule has 170 valence electrons. The first-order chi connectivity index (χ1) is 15.4. The van der Waals surface area contributed by atoms with E-state index in [2.05, 4.69) is 41.3 Å². The molecular weight excluding hydrogens is 521 g/mol. The van der Waals surface area contributed by atoms with Crippen molar-refractivity contribution in [3.63, 3.8) is 0 Å². The van der Waals surface area contributed by atoms with Crippen LogP contribution in [0.25, 0.3) is 11.0 Å². The highest BCUT2D eigenvalue weighted by Gasteiger charge is 2.22. The monoisotopic (exact) mass is 549 g/mol. The lowest BCUT2D eigenvalue weighted by molar-refractivity contribution is -0.137. The van der Waals surface area contributed by atoms with Gasteiger partial charge in [-0.05, 0) is 66.4 Å². The number of nitrogens with zero attached hydrogens (tertiary/aromatic N) is 1. The first-order valence-corrected chi connectivity index (χ1v) is 11.9. The van der Waals surface area contributed by atoms with Gasteiger partial charge in [-0.15, -0.1) is 0 Å². The molecule has 0 saturated carbocycles. The van der Waals surface area contributed by atoms with Crippen LogP contribution < -0.4 is 4.74 Å². The largest absolute Gasteiger partial charge is 0.491 e. The number of ether oxygens (including phenoxy) is 1. The third kappa shape index (κ3) is 5.89. The van der Waals surface area contributed by atoms with Crippen molar-refractivity contribution in [2.45, 2.75) is 33.1 Å². The standard InChI is InChI=1S/C25H28INO5/c1-3-27(4-2)14-15-31-21-13-12-17(16-19(21)26)25(30)24-18-8-5-6-9-20(18)32-22(24)10-7-11-23(28)29/h5-6,8-9,12-13,16H,3-4,7,10-11,14-15H2,1-2H3,(H,28,29). The molecule has 0 aliphatic heterocycles. The third-order valence-corrected chi connectivity index (χ3v) is 6.29. The molecule has 0 aliphatic carbocycles. The number of aryl methyl sites for hydroxylation is 1. The Morgan fingerprint density at radius 2 is 1.88 bits per heavy atom. The quantitative estimate of drug-likeness (QED) is 0.241. The second-order valence-electron chi connectivity index (χ2n) is 7.49. The van der Waals surface area contributed by atoms with Crippen molar-refractivity contribution in [3.8, 4) is 5.75 Å². The van der Waals surface area contributed by atoms with Gasteiger partial charge in [-0.3, -0.25) is 9.59 Å². The van der Waals surface area contributed by atoms with Gasteiger partial charge in [0.25, 0.3) is 0 Å². The molecule has 0 unspecified atom stereocenters. The molecule has 1 heterocycles. The number of carbonyl (C=O) groups is 2. The number of furan rings is 1. The number of rotatable bonds is 12. The van der Waals surface area contributed by atoms with Crippen molar-refractivity contribution in [3.05, 3.63) is 62.9 Å². The number of halogens is 1. The van der Waals surface area contributed by atoms with Crippen LogP contribution in [0.1, 0.15) is 48.4 Å². The van der Waals surface area contributed by atoms with Crippen LogP contribution in [0.15, 0.2) is 46.9 Å². The molecule has 3 aromatic rings. The third-order valence-electron chi connectivity index (χ3n) is 5.44. The van der Waals surface area contributed by atoms with E-state index in [0.29, 0.717) is 41.9 Å². The van der Waals surface area contributed by atoms with Gasteiger partial charge < -0.3 is 19.2 Å². The Morgan fingerprint density at radius 3 is 2.56 bits per heavy atom. The molecule has 7 heteroatoms. The van der Waals surface area contributed by atoms with E-state index in [4.69, 9.17) is 14.3 Å². The highest BCUT2D eigenvalue weighted by atomic mass is 127. The summed E-state index contributed by atoms with van der Waals surface area (Å²) >= 11 is 2.19. The van der Waals surface area contributed by atoms with E-state index >= 15 is 0 Å². The summed E-state index contributed by atoms with van der Waals surface area (Å²) in [5.41, 5.74) is 1.70. The topological polar surface area (TPSA) is 80.0 Å². The Bertz CT molecular complexity index is 1090. The van der Waals surface area contributed by atoms with Gasteiger partial charge in [0.2, 0.25) is 0 Å². The smallest absolute Gasteiger partial charge is 0.303 e. The van der Waals surface area contributed by atoms with Crippen molar-refractivity contribution in [1.82, 2.24) is 4.90 Å². The minimum absolute atomic E-state index is 0.0299. The number of likely N-dealkylation sites (N-methyl/N-ethyl adjacent to an activating group) is 1. The minimum Gasteiger partial charge on any atom is -0.491 e. The molecule has 1 N–H and O–H groups in total. The molecule has 0 fully saturated rings. The fourth-order valence-corrected chi connectivity index (χ4v) is 4.32. The summed E-state index contributed by atoms with van der Waals surface area (Å²) in [5.74, 6) is 0.299. The van der Waals surface area contributed by atoms with Gasteiger partial charge in [0.15, 0.2) is 5.78 Å². The summed E-state index contributed by atoms with van der Waals surface area (Å²) in [7, 11) is 0. The van der Waals surface area contributed by atoms with Crippen molar-refractivity contribution in [2.75, 3.05) is 26.2 Å². The van der Waals surface area contributed by atoms with Crippen molar-refractivity contribution >= 4 is 45.3 Å². The molecule has 0 aliphatic rings. The van der Waals surface area contributed by atoms with Crippen molar-refractivity contribution in [1.29, 1.82) is 0 Å². The van der Waals surface area contributed by atoms with Crippen LogP contribution in [-0.4, -0.2) is 48.0 Å². The maximum atomic E-state index is 13.5. The minimum atomic E-state index is -0.861. The van der Waals surface area contributed by atoms with Crippen molar-refractivity contribution < 1.29 is 23.8 Å². The van der Waals surface area contributed by atoms with Crippen molar-refractivity contribution in [2.24, 2.45) is 0 Å². The average Bonchev–Trinajstić information content (AvgIpc) is 3.15. The number of fused-ring (bicyclic) bond motifs is 1. The summed E-state index contributed by atoms with van der Waals surface area (Å²) in [4.78, 5) is 26.7. The maximum absolute atomic E-state index is 13.5. The van der Waals surface area contributed by atoms with Gasteiger partial charge in [0.05, 0.1) is 9.13 Å². The molecular formula is C25H28INO5. The fraction of sp³-hybridized carbons (Fsp3) is 0.360. The Labute approximate surface area is 201 Å². The summed E-state index contributed by atoms with van der Waals surface area (Å²) in [5, 5.41) is 9.70. The van der Waals surface area contributed by atoms with Gasteiger partial charge >= 0.3 is 5.97 Å². The van der Waals surface area contributed by atoms with E-state index in [1.807, 2.05) is 36.4 Å². The molecule has 0 spiro atoms. The maximum Gasteiger partial charge on any atom is 0.303 e. The number of carboxylic acids is 1. The molecule has 3 rings (SSSR count). The fourth-order valence-electron chi connectivity index (χ4n) is 3.65. The van der Waals surface area contributed by atoms with E-state index in [-0.39, 0.29) is 12.2 Å². The van der Waals surface area contributed by atoms with E-state index < -0.39 is 5.97 Å². The molecule has 2 aromatic carbocycles. The Kier molecular flexibility index (Phi) is 8.69. The second kappa shape index (κ2) is 11.5. The first kappa shape index (κ1) is 24.3. The molecule has 0 saturated heterocycles. The van der Waals surface area contributed by atoms with Gasteiger partial charge in [0.1, 0.15) is 23.7 Å². The van der Waals surface area contributed by atoms with E-state index in [0.717, 1.165) is 34.3 Å². The normalized spacial score (nSPS) is 11.2. The summed E-state index contributed by atoms with van der Waals surface area (Å²) in [6.45, 7) is 7.66. The predicted molar refractivity (Wildman–Crippen MR) is 133 cm³/mol. The van der Waals surface area contributed by atoms with Crippen LogP contribution in [0.3, 0.4) is 0 Å². The van der Waals surface area contributed by atoms with Crippen LogP contribution in [-0.2, 0) is 11.2 Å². The van der Waals surface area contributed by atoms with Crippen LogP contribution in [0.5, 0.6) is 5.75 Å². The summed E-state index contributed by atoms with van der Waals surface area (Å²) < 4.78 is 12.7. The SMILES string of the molecule is CCN(CC)CCOc1ccc(C(=O)c2c(CCCC(=O)O)oc3ccccc23)cc1I. The number of hydrogen-bond acceptors (Lipinski definition) is 5. The lowest BCUT2D eigenvalue weighted by Crippen LogP contribution is -2.28. The number of benzene rings is 2. The highest BCUT2D eigenvalue weighted by Crippen LogP contribution is 2.31. The molecule has 0 radical (unpaired) electrons. The number of hydrogen-bond donors (Lipinski definition) is 1. The van der Waals surface area contributed by atoms with Gasteiger partial charge in [-0.1, -0.05) is 32.0 Å². The van der Waals surface area contributed by atoms with Crippen LogP contribution in [0.2, 0.25) is 0 Å². The molecule has 6 nitrogen and oxygen atoms in total. The number of ketones is 1. The van der Waals surface area contributed by atoms with Crippen LogP contribution in [0.4, 0.5) is 0 Å². The van der Waals surface area contributed by atoms with Crippen LogP contribution in [0, 0.1) is 3.57 Å². The molecule has 0 atom stereocenters. The molecule has 0 amide bonds. The zero-order chi connectivity index (χ0) is 23.1. The highest BCUT2D eigenvalue weighted by molar-refractivity contribution is 14.1. The van der Waals surface area contributed by atoms with E-state index in [1.54, 1.807) is 6.07 Å². The number of carbonyl (C=O) groups excluding carboxylic acids is 1. The number of para-hydroxylation sites is 1. The number of aliphatic carboxylic acids is 1. The Balaban J connectivity index is 1.82. The summed E-state index contributed by atoms with van der Waals surface area (Å²) in [6, 6.07) is 12.9. The zero-order valence-corrected chi connectivity index (χ0v) is 20.6. The second-order valence-corrected chi connectivity index (χ2v) is 8.66. The van der Waals surface area contributed by atoms with E-state index in [9.17, 15) is 9.59 Å². The Morgan fingerprint density at radius 1 is 1.12 bits per heavy atom. The predicted octanol–water partition coefficient (Wildman–Crippen LogP) is 5.40. The lowest BCUT2D eigenvalue weighted by atomic mass is 9.98. The zero-order valence-electron chi connectivity index (χ0n) is 18.4. The lowest BCUT2D eigenvalue weighted by Gasteiger charge is -2.18. The molecule has 0 bridgehead atoms. The average molecular weight is 549 g/mol. The Hall–Kier alpha value is -2.39. The summed E-state index contributed by atoms with van der Waals surface area (Å²) in [6.07, 6.45) is 0.833. The number of carboxylic acid groups (broad SMARTS) is 1. The van der Waals surface area contributed by atoms with Gasteiger partial charge in [-0.25, -0.2) is 0 Å². The molecule has 32 heavy (non-hydrogen) atoms. The van der Waals surface area contributed by atoms with Crippen LogP contribution >= 0.6 is 22.6 Å². The van der Waals surface area contributed by atoms with Gasteiger partial charge in [-0.2, -0.15) is 0 Å².